The number of aliphatic hydroxyl groups is 1. The van der Waals surface area contributed by atoms with Gasteiger partial charge in [-0.05, 0) is 30.2 Å². The first-order valence-electron chi connectivity index (χ1n) is 8.86. The second kappa shape index (κ2) is 9.19. The average Bonchev–Trinajstić information content (AvgIpc) is 2.69. The number of halogens is 2. The Labute approximate surface area is 174 Å². The fourth-order valence-corrected chi connectivity index (χ4v) is 3.07. The van der Waals surface area contributed by atoms with Crippen molar-refractivity contribution < 1.29 is 5.11 Å². The quantitative estimate of drug-likeness (QED) is 0.500. The van der Waals surface area contributed by atoms with Crippen LogP contribution >= 0.6 is 23.2 Å². The highest BCUT2D eigenvalue weighted by Crippen LogP contribution is 2.33. The molecular weight excluding hydrogens is 397 g/mol. The average molecular weight is 418 g/mol. The summed E-state index contributed by atoms with van der Waals surface area (Å²) in [5.41, 5.74) is 2.16. The number of pyridine rings is 1. The van der Waals surface area contributed by atoms with Crippen LogP contribution in [-0.4, -0.2) is 32.7 Å². The zero-order chi connectivity index (χ0) is 20.1. The molecule has 0 saturated heterocycles. The molecule has 0 aliphatic carbocycles. The van der Waals surface area contributed by atoms with E-state index in [2.05, 4.69) is 25.6 Å². The van der Waals surface area contributed by atoms with Gasteiger partial charge in [0.2, 0.25) is 5.95 Å². The summed E-state index contributed by atoms with van der Waals surface area (Å²) < 4.78 is 0. The lowest BCUT2D eigenvalue weighted by Crippen LogP contribution is -2.30. The molecule has 0 fully saturated rings. The van der Waals surface area contributed by atoms with E-state index in [1.165, 1.54) is 0 Å². The first-order valence-corrected chi connectivity index (χ1v) is 9.61. The van der Waals surface area contributed by atoms with E-state index in [1.54, 1.807) is 30.6 Å². The molecule has 3 N–H and O–H groups in total. The number of hydrogen-bond acceptors (Lipinski definition) is 6. The lowest BCUT2D eigenvalue weighted by Gasteiger charge is -2.21. The Morgan fingerprint density at radius 1 is 1.04 bits per heavy atom. The Morgan fingerprint density at radius 3 is 2.32 bits per heavy atom. The van der Waals surface area contributed by atoms with Crippen LogP contribution in [0, 0.1) is 5.92 Å². The van der Waals surface area contributed by atoms with E-state index < -0.39 is 0 Å². The normalized spacial score (nSPS) is 12.1. The smallest absolute Gasteiger partial charge is 0.225 e. The number of rotatable bonds is 7. The Balaban J connectivity index is 2.02. The number of nitrogens with one attached hydrogen (secondary N) is 2. The third-order valence-corrected chi connectivity index (χ3v) is 4.86. The van der Waals surface area contributed by atoms with Crippen LogP contribution in [-0.2, 0) is 0 Å². The van der Waals surface area contributed by atoms with Crippen LogP contribution in [0.15, 0.2) is 48.8 Å². The van der Waals surface area contributed by atoms with Crippen molar-refractivity contribution in [2.75, 3.05) is 17.2 Å². The number of benzene rings is 1. The number of aliphatic hydroxyl groups excluding tert-OH is 1. The summed E-state index contributed by atoms with van der Waals surface area (Å²) in [5.74, 6) is 1.13. The zero-order valence-corrected chi connectivity index (χ0v) is 17.0. The van der Waals surface area contributed by atoms with Gasteiger partial charge in [-0.2, -0.15) is 4.98 Å². The number of para-hydroxylation sites is 1. The standard InChI is InChI=1S/C20H21Cl2N5O/c1-12(2)17(11-28)25-20-24-16(13-6-8-23-9-7-13)10-18(27-20)26-19-14(21)4-3-5-15(19)22/h3-10,12,17,28H,11H2,1-2H3,(H2,24,25,26,27)/t17-/m0/s1. The molecule has 1 aromatic carbocycles. The van der Waals surface area contributed by atoms with Crippen LogP contribution in [0.1, 0.15) is 13.8 Å². The predicted molar refractivity (Wildman–Crippen MR) is 114 cm³/mol. The molecule has 0 unspecified atom stereocenters. The van der Waals surface area contributed by atoms with E-state index in [-0.39, 0.29) is 18.6 Å². The van der Waals surface area contributed by atoms with Crippen molar-refractivity contribution in [3.8, 4) is 11.3 Å². The predicted octanol–water partition coefficient (Wildman–Crippen LogP) is 5.02. The van der Waals surface area contributed by atoms with Crippen molar-refractivity contribution in [2.45, 2.75) is 19.9 Å². The van der Waals surface area contributed by atoms with Crippen LogP contribution in [0.3, 0.4) is 0 Å². The molecule has 2 aromatic heterocycles. The van der Waals surface area contributed by atoms with Crippen LogP contribution in [0.4, 0.5) is 17.5 Å². The van der Waals surface area contributed by atoms with Crippen LogP contribution in [0.5, 0.6) is 0 Å². The Kier molecular flexibility index (Phi) is 6.67. The van der Waals surface area contributed by atoms with Gasteiger partial charge in [0.05, 0.1) is 34.1 Å². The summed E-state index contributed by atoms with van der Waals surface area (Å²) >= 11 is 12.6. The number of hydrogen-bond donors (Lipinski definition) is 3. The molecule has 0 saturated carbocycles. The molecular formula is C20H21Cl2N5O. The van der Waals surface area contributed by atoms with Crippen molar-refractivity contribution in [3.05, 3.63) is 58.8 Å². The summed E-state index contributed by atoms with van der Waals surface area (Å²) in [6.45, 7) is 4.01. The second-order valence-electron chi connectivity index (χ2n) is 6.60. The fraction of sp³-hybridized carbons (Fsp3) is 0.250. The van der Waals surface area contributed by atoms with Gasteiger partial charge in [-0.3, -0.25) is 4.98 Å². The lowest BCUT2D eigenvalue weighted by atomic mass is 10.1. The molecule has 2 heterocycles. The van der Waals surface area contributed by atoms with Gasteiger partial charge < -0.3 is 15.7 Å². The number of anilines is 3. The summed E-state index contributed by atoms with van der Waals surface area (Å²) in [4.78, 5) is 13.2. The lowest BCUT2D eigenvalue weighted by molar-refractivity contribution is 0.248. The van der Waals surface area contributed by atoms with Gasteiger partial charge in [-0.15, -0.1) is 0 Å². The molecule has 146 valence electrons. The summed E-state index contributed by atoms with van der Waals surface area (Å²) in [6.07, 6.45) is 3.40. The molecule has 8 heteroatoms. The highest BCUT2D eigenvalue weighted by Gasteiger charge is 2.16. The second-order valence-corrected chi connectivity index (χ2v) is 7.41. The van der Waals surface area contributed by atoms with Crippen molar-refractivity contribution in [1.29, 1.82) is 0 Å². The molecule has 28 heavy (non-hydrogen) atoms. The summed E-state index contributed by atoms with van der Waals surface area (Å²) in [7, 11) is 0. The third kappa shape index (κ3) is 4.90. The maximum atomic E-state index is 9.64. The number of nitrogens with zero attached hydrogens (tertiary/aromatic N) is 3. The van der Waals surface area contributed by atoms with Gasteiger partial charge in [-0.1, -0.05) is 43.1 Å². The van der Waals surface area contributed by atoms with Crippen LogP contribution in [0.2, 0.25) is 10.0 Å². The summed E-state index contributed by atoms with van der Waals surface area (Å²) in [6, 6.07) is 10.6. The van der Waals surface area contributed by atoms with Crippen molar-refractivity contribution >= 4 is 40.7 Å². The largest absolute Gasteiger partial charge is 0.394 e. The minimum atomic E-state index is -0.176. The van der Waals surface area contributed by atoms with Crippen molar-refractivity contribution in [1.82, 2.24) is 15.0 Å². The maximum absolute atomic E-state index is 9.64. The van der Waals surface area contributed by atoms with E-state index >= 15 is 0 Å². The molecule has 3 rings (SSSR count). The van der Waals surface area contributed by atoms with Gasteiger partial charge in [0, 0.05) is 24.0 Å². The van der Waals surface area contributed by atoms with Crippen molar-refractivity contribution in [3.63, 3.8) is 0 Å². The molecule has 1 atom stereocenters. The highest BCUT2D eigenvalue weighted by molar-refractivity contribution is 6.39. The zero-order valence-electron chi connectivity index (χ0n) is 15.5. The Hall–Kier alpha value is -2.41. The molecule has 0 radical (unpaired) electrons. The fourth-order valence-electron chi connectivity index (χ4n) is 2.58. The molecule has 3 aromatic rings. The Morgan fingerprint density at radius 2 is 1.71 bits per heavy atom. The minimum Gasteiger partial charge on any atom is -0.394 e. The van der Waals surface area contributed by atoms with Gasteiger partial charge in [0.25, 0.3) is 0 Å². The van der Waals surface area contributed by atoms with E-state index in [0.717, 1.165) is 5.56 Å². The minimum absolute atomic E-state index is 0.0282. The van der Waals surface area contributed by atoms with Gasteiger partial charge in [0.1, 0.15) is 5.82 Å². The molecule has 0 amide bonds. The topological polar surface area (TPSA) is 83.0 Å². The first kappa shape index (κ1) is 20.3. The van der Waals surface area contributed by atoms with E-state index in [1.807, 2.05) is 32.0 Å². The summed E-state index contributed by atoms with van der Waals surface area (Å²) in [5, 5.41) is 17.0. The monoisotopic (exact) mass is 417 g/mol. The molecule has 0 spiro atoms. The van der Waals surface area contributed by atoms with Gasteiger partial charge >= 0.3 is 0 Å². The van der Waals surface area contributed by atoms with Crippen molar-refractivity contribution in [2.24, 2.45) is 5.92 Å². The van der Waals surface area contributed by atoms with E-state index in [9.17, 15) is 5.11 Å². The molecule has 6 nitrogen and oxygen atoms in total. The van der Waals surface area contributed by atoms with Gasteiger partial charge in [-0.25, -0.2) is 4.98 Å². The maximum Gasteiger partial charge on any atom is 0.225 e. The number of aromatic nitrogens is 3. The van der Waals surface area contributed by atoms with E-state index in [0.29, 0.717) is 33.2 Å². The molecule has 0 aliphatic rings. The Bertz CT molecular complexity index is 917. The van der Waals surface area contributed by atoms with E-state index in [4.69, 9.17) is 23.2 Å². The SMILES string of the molecule is CC(C)[C@H](CO)Nc1nc(Nc2c(Cl)cccc2Cl)cc(-c2ccncc2)n1. The van der Waals surface area contributed by atoms with Crippen LogP contribution in [0.25, 0.3) is 11.3 Å². The first-order chi connectivity index (χ1) is 13.5. The van der Waals surface area contributed by atoms with Gasteiger partial charge in [0.15, 0.2) is 0 Å². The molecule has 0 aliphatic heterocycles. The molecule has 0 bridgehead atoms. The highest BCUT2D eigenvalue weighted by atomic mass is 35.5. The third-order valence-electron chi connectivity index (χ3n) is 4.23. The van der Waals surface area contributed by atoms with Crippen LogP contribution < -0.4 is 10.6 Å².